The molecule has 1 aromatic carbocycles. The Bertz CT molecular complexity index is 395. The summed E-state index contributed by atoms with van der Waals surface area (Å²) in [6, 6.07) is 8.06. The van der Waals surface area contributed by atoms with Crippen molar-refractivity contribution in [2.75, 3.05) is 20.6 Å². The maximum Gasteiger partial charge on any atom is 0.226 e. The van der Waals surface area contributed by atoms with Gasteiger partial charge in [0.15, 0.2) is 0 Å². The van der Waals surface area contributed by atoms with Crippen LogP contribution in [0.2, 0.25) is 0 Å². The summed E-state index contributed by atoms with van der Waals surface area (Å²) in [6.45, 7) is 3.43. The molecular weight excluding hydrogens is 292 g/mol. The predicted octanol–water partition coefficient (Wildman–Crippen LogP) is 2.65. The van der Waals surface area contributed by atoms with E-state index in [1.165, 1.54) is 0 Å². The summed E-state index contributed by atoms with van der Waals surface area (Å²) in [6.07, 6.45) is 0.864. The molecular formula is C14H21BrN2O. The molecule has 0 spiro atoms. The van der Waals surface area contributed by atoms with Gasteiger partial charge >= 0.3 is 0 Å². The molecule has 1 aromatic rings. The van der Waals surface area contributed by atoms with Gasteiger partial charge in [-0.15, -0.1) is 0 Å². The van der Waals surface area contributed by atoms with Gasteiger partial charge in [0.1, 0.15) is 0 Å². The topological polar surface area (TPSA) is 32.3 Å². The van der Waals surface area contributed by atoms with Crippen molar-refractivity contribution in [2.24, 2.45) is 5.92 Å². The molecule has 1 amide bonds. The molecule has 0 bridgehead atoms. The summed E-state index contributed by atoms with van der Waals surface area (Å²) in [5, 5.41) is 3.07. The highest BCUT2D eigenvalue weighted by atomic mass is 79.9. The lowest BCUT2D eigenvalue weighted by molar-refractivity contribution is -0.134. The molecule has 0 saturated carbocycles. The Morgan fingerprint density at radius 2 is 2.22 bits per heavy atom. The van der Waals surface area contributed by atoms with Gasteiger partial charge in [-0.1, -0.05) is 35.0 Å². The molecule has 0 fully saturated rings. The SMILES string of the molecule is CCC(CNC)C(=O)N(C)Cc1cccc(Br)c1. The highest BCUT2D eigenvalue weighted by Crippen LogP contribution is 2.14. The molecule has 0 radical (unpaired) electrons. The minimum Gasteiger partial charge on any atom is -0.341 e. The molecule has 0 aromatic heterocycles. The Balaban J connectivity index is 2.64. The van der Waals surface area contributed by atoms with Gasteiger partial charge in [0.05, 0.1) is 5.92 Å². The fraction of sp³-hybridized carbons (Fsp3) is 0.500. The number of rotatable bonds is 6. The zero-order valence-corrected chi connectivity index (χ0v) is 12.8. The third-order valence-corrected chi connectivity index (χ3v) is 3.47. The first-order chi connectivity index (χ1) is 8.58. The van der Waals surface area contributed by atoms with Crippen LogP contribution in [0.4, 0.5) is 0 Å². The molecule has 0 aliphatic carbocycles. The van der Waals surface area contributed by atoms with Gasteiger partial charge in [0.25, 0.3) is 0 Å². The van der Waals surface area contributed by atoms with Crippen LogP contribution >= 0.6 is 15.9 Å². The second-order valence-electron chi connectivity index (χ2n) is 4.49. The lowest BCUT2D eigenvalue weighted by Gasteiger charge is -2.23. The van der Waals surface area contributed by atoms with E-state index in [0.29, 0.717) is 6.54 Å². The van der Waals surface area contributed by atoms with Gasteiger partial charge in [-0.25, -0.2) is 0 Å². The molecule has 1 rings (SSSR count). The van der Waals surface area contributed by atoms with Crippen LogP contribution in [-0.4, -0.2) is 31.4 Å². The maximum atomic E-state index is 12.2. The van der Waals surface area contributed by atoms with Gasteiger partial charge in [0.2, 0.25) is 5.91 Å². The average Bonchev–Trinajstić information content (AvgIpc) is 2.35. The quantitative estimate of drug-likeness (QED) is 0.876. The van der Waals surface area contributed by atoms with Crippen LogP contribution in [-0.2, 0) is 11.3 Å². The van der Waals surface area contributed by atoms with E-state index >= 15 is 0 Å². The maximum absolute atomic E-state index is 12.2. The van der Waals surface area contributed by atoms with Gasteiger partial charge < -0.3 is 10.2 Å². The lowest BCUT2D eigenvalue weighted by Crippen LogP contribution is -2.36. The van der Waals surface area contributed by atoms with Crippen molar-refractivity contribution in [3.05, 3.63) is 34.3 Å². The lowest BCUT2D eigenvalue weighted by atomic mass is 10.0. The first kappa shape index (κ1) is 15.2. The summed E-state index contributed by atoms with van der Waals surface area (Å²) in [4.78, 5) is 14.0. The molecule has 0 aliphatic rings. The second kappa shape index (κ2) is 7.54. The molecule has 3 nitrogen and oxygen atoms in total. The Morgan fingerprint density at radius 3 is 2.78 bits per heavy atom. The van der Waals surface area contributed by atoms with E-state index in [4.69, 9.17) is 0 Å². The van der Waals surface area contributed by atoms with Crippen molar-refractivity contribution in [3.8, 4) is 0 Å². The summed E-state index contributed by atoms with van der Waals surface area (Å²) in [5.41, 5.74) is 1.14. The van der Waals surface area contributed by atoms with E-state index in [-0.39, 0.29) is 11.8 Å². The van der Waals surface area contributed by atoms with Crippen LogP contribution in [0.5, 0.6) is 0 Å². The summed E-state index contributed by atoms with van der Waals surface area (Å²) in [7, 11) is 3.74. The Kier molecular flexibility index (Phi) is 6.36. The van der Waals surface area contributed by atoms with Crippen molar-refractivity contribution in [1.82, 2.24) is 10.2 Å². The van der Waals surface area contributed by atoms with E-state index in [2.05, 4.69) is 21.2 Å². The third kappa shape index (κ3) is 4.42. The Morgan fingerprint density at radius 1 is 1.50 bits per heavy atom. The molecule has 0 aliphatic heterocycles. The number of carbonyl (C=O) groups is 1. The number of amides is 1. The smallest absolute Gasteiger partial charge is 0.226 e. The molecule has 1 atom stereocenters. The number of hydrogen-bond acceptors (Lipinski definition) is 2. The van der Waals surface area contributed by atoms with Crippen LogP contribution in [0.25, 0.3) is 0 Å². The standard InChI is InChI=1S/C14H21BrN2O/c1-4-12(9-16-2)14(18)17(3)10-11-6-5-7-13(15)8-11/h5-8,12,16H,4,9-10H2,1-3H3. The fourth-order valence-electron chi connectivity index (χ4n) is 1.95. The highest BCUT2D eigenvalue weighted by Gasteiger charge is 2.19. The summed E-state index contributed by atoms with van der Waals surface area (Å²) < 4.78 is 1.04. The van der Waals surface area contributed by atoms with Crippen molar-refractivity contribution in [1.29, 1.82) is 0 Å². The fourth-order valence-corrected chi connectivity index (χ4v) is 2.40. The minimum atomic E-state index is 0.0622. The normalized spacial score (nSPS) is 12.2. The number of benzene rings is 1. The second-order valence-corrected chi connectivity index (χ2v) is 5.40. The number of nitrogens with zero attached hydrogens (tertiary/aromatic N) is 1. The van der Waals surface area contributed by atoms with Crippen LogP contribution in [0.1, 0.15) is 18.9 Å². The number of hydrogen-bond donors (Lipinski definition) is 1. The van der Waals surface area contributed by atoms with Crippen molar-refractivity contribution < 1.29 is 4.79 Å². The van der Waals surface area contributed by atoms with E-state index in [1.54, 1.807) is 4.90 Å². The average molecular weight is 313 g/mol. The molecule has 4 heteroatoms. The first-order valence-corrected chi connectivity index (χ1v) is 7.01. The summed E-state index contributed by atoms with van der Waals surface area (Å²) in [5.74, 6) is 0.263. The monoisotopic (exact) mass is 312 g/mol. The Hall–Kier alpha value is -0.870. The number of carbonyl (C=O) groups excluding carboxylic acids is 1. The van der Waals surface area contributed by atoms with Crippen LogP contribution in [0.15, 0.2) is 28.7 Å². The van der Waals surface area contributed by atoms with Crippen molar-refractivity contribution in [3.63, 3.8) is 0 Å². The molecule has 100 valence electrons. The predicted molar refractivity (Wildman–Crippen MR) is 78.3 cm³/mol. The third-order valence-electron chi connectivity index (χ3n) is 2.98. The largest absolute Gasteiger partial charge is 0.341 e. The van der Waals surface area contributed by atoms with E-state index in [0.717, 1.165) is 23.0 Å². The zero-order chi connectivity index (χ0) is 13.5. The van der Waals surface area contributed by atoms with Crippen molar-refractivity contribution in [2.45, 2.75) is 19.9 Å². The van der Waals surface area contributed by atoms with E-state index in [9.17, 15) is 4.79 Å². The van der Waals surface area contributed by atoms with Crippen LogP contribution < -0.4 is 5.32 Å². The van der Waals surface area contributed by atoms with Crippen molar-refractivity contribution >= 4 is 21.8 Å². The van der Waals surface area contributed by atoms with Gasteiger partial charge in [-0.2, -0.15) is 0 Å². The zero-order valence-electron chi connectivity index (χ0n) is 11.2. The molecule has 1 unspecified atom stereocenters. The van der Waals surface area contributed by atoms with Gasteiger partial charge in [-0.05, 0) is 31.2 Å². The molecule has 0 heterocycles. The van der Waals surface area contributed by atoms with Crippen LogP contribution in [0, 0.1) is 5.92 Å². The number of nitrogens with one attached hydrogen (secondary N) is 1. The first-order valence-electron chi connectivity index (χ1n) is 6.22. The molecule has 18 heavy (non-hydrogen) atoms. The number of halogens is 1. The summed E-state index contributed by atoms with van der Waals surface area (Å²) >= 11 is 3.44. The van der Waals surface area contributed by atoms with Gasteiger partial charge in [-0.3, -0.25) is 4.79 Å². The van der Waals surface area contributed by atoms with E-state index < -0.39 is 0 Å². The van der Waals surface area contributed by atoms with Crippen LogP contribution in [0.3, 0.4) is 0 Å². The van der Waals surface area contributed by atoms with E-state index in [1.807, 2.05) is 45.3 Å². The molecule has 0 saturated heterocycles. The van der Waals surface area contributed by atoms with Gasteiger partial charge in [0, 0.05) is 24.6 Å². The minimum absolute atomic E-state index is 0.0622. The molecule has 1 N–H and O–H groups in total. The Labute approximate surface area is 118 Å². The highest BCUT2D eigenvalue weighted by molar-refractivity contribution is 9.10.